The van der Waals surface area contributed by atoms with Gasteiger partial charge in [0.15, 0.2) is 0 Å². The fourth-order valence-electron chi connectivity index (χ4n) is 2.95. The molecule has 0 fully saturated rings. The Bertz CT molecular complexity index is 1030. The molecule has 0 aliphatic carbocycles. The van der Waals surface area contributed by atoms with Gasteiger partial charge in [-0.1, -0.05) is 37.3 Å². The first kappa shape index (κ1) is 25.4. The average molecular weight is 462 g/mol. The van der Waals surface area contributed by atoms with Crippen LogP contribution in [-0.4, -0.2) is 51.3 Å². The lowest BCUT2D eigenvalue weighted by atomic mass is 10.2. The zero-order chi connectivity index (χ0) is 23.7. The molecule has 2 aromatic carbocycles. The Morgan fingerprint density at radius 2 is 1.81 bits per heavy atom. The number of amides is 2. The summed E-state index contributed by atoms with van der Waals surface area (Å²) < 4.78 is 32.8. The summed E-state index contributed by atoms with van der Waals surface area (Å²) in [6, 6.07) is 13.5. The van der Waals surface area contributed by atoms with Crippen LogP contribution in [-0.2, 0) is 21.4 Å². The molecule has 0 aliphatic rings. The van der Waals surface area contributed by atoms with Crippen molar-refractivity contribution in [3.8, 4) is 5.75 Å². The quantitative estimate of drug-likeness (QED) is 0.535. The van der Waals surface area contributed by atoms with Crippen LogP contribution in [0, 0.1) is 0 Å². The van der Waals surface area contributed by atoms with Crippen LogP contribution in [0.4, 0.5) is 0 Å². The number of hydrogen-bond acceptors (Lipinski definition) is 5. The summed E-state index contributed by atoms with van der Waals surface area (Å²) in [7, 11) is -1.07. The molecule has 9 heteroatoms. The first-order valence-corrected chi connectivity index (χ1v) is 11.9. The molecule has 32 heavy (non-hydrogen) atoms. The minimum absolute atomic E-state index is 0.0698. The monoisotopic (exact) mass is 461 g/mol. The van der Waals surface area contributed by atoms with Crippen molar-refractivity contribution in [2.45, 2.75) is 44.2 Å². The normalized spacial score (nSPS) is 12.3. The summed E-state index contributed by atoms with van der Waals surface area (Å²) in [6.07, 6.45) is 0.955. The van der Waals surface area contributed by atoms with Crippen LogP contribution in [0.5, 0.6) is 5.75 Å². The van der Waals surface area contributed by atoms with Crippen LogP contribution in [0.3, 0.4) is 0 Å². The van der Waals surface area contributed by atoms with Gasteiger partial charge in [0.1, 0.15) is 10.6 Å². The van der Waals surface area contributed by atoms with E-state index in [9.17, 15) is 18.0 Å². The van der Waals surface area contributed by atoms with Crippen molar-refractivity contribution in [1.29, 1.82) is 0 Å². The zero-order valence-electron chi connectivity index (χ0n) is 18.9. The second-order valence-corrected chi connectivity index (χ2v) is 9.51. The van der Waals surface area contributed by atoms with Gasteiger partial charge in [0.2, 0.25) is 15.9 Å². The third-order valence-corrected chi connectivity index (χ3v) is 6.84. The molecule has 0 saturated carbocycles. The SMILES string of the molecule is CCC(C)NC(=O)CCNC(=O)c1ccc(OC)c(S(=O)(=O)N(C)Cc2ccccc2)c1. The van der Waals surface area contributed by atoms with Gasteiger partial charge in [0.05, 0.1) is 7.11 Å². The maximum Gasteiger partial charge on any atom is 0.251 e. The Kier molecular flexibility index (Phi) is 9.22. The second-order valence-electron chi connectivity index (χ2n) is 7.50. The third kappa shape index (κ3) is 6.80. The van der Waals surface area contributed by atoms with E-state index < -0.39 is 15.9 Å². The fraction of sp³-hybridized carbons (Fsp3) is 0.391. The Balaban J connectivity index is 2.13. The van der Waals surface area contributed by atoms with Gasteiger partial charge in [-0.15, -0.1) is 0 Å². The predicted molar refractivity (Wildman–Crippen MR) is 123 cm³/mol. The van der Waals surface area contributed by atoms with Crippen molar-refractivity contribution in [2.75, 3.05) is 20.7 Å². The molecule has 2 aromatic rings. The molecule has 0 heterocycles. The van der Waals surface area contributed by atoms with Gasteiger partial charge in [-0.05, 0) is 37.1 Å². The van der Waals surface area contributed by atoms with Crippen molar-refractivity contribution in [2.24, 2.45) is 0 Å². The Morgan fingerprint density at radius 3 is 2.44 bits per heavy atom. The number of carbonyl (C=O) groups is 2. The molecule has 0 aromatic heterocycles. The number of rotatable bonds is 11. The van der Waals surface area contributed by atoms with Gasteiger partial charge in [-0.2, -0.15) is 4.31 Å². The number of carbonyl (C=O) groups excluding carboxylic acids is 2. The highest BCUT2D eigenvalue weighted by molar-refractivity contribution is 7.89. The number of nitrogens with one attached hydrogen (secondary N) is 2. The van der Waals surface area contributed by atoms with Gasteiger partial charge in [0.25, 0.3) is 5.91 Å². The van der Waals surface area contributed by atoms with Crippen LogP contribution >= 0.6 is 0 Å². The van der Waals surface area contributed by atoms with Gasteiger partial charge in [-0.3, -0.25) is 9.59 Å². The van der Waals surface area contributed by atoms with Crippen LogP contribution in [0.25, 0.3) is 0 Å². The minimum Gasteiger partial charge on any atom is -0.495 e. The molecule has 1 atom stereocenters. The summed E-state index contributed by atoms with van der Waals surface area (Å²) >= 11 is 0. The fourth-order valence-corrected chi connectivity index (χ4v) is 4.29. The lowest BCUT2D eigenvalue weighted by Gasteiger charge is -2.19. The highest BCUT2D eigenvalue weighted by Gasteiger charge is 2.26. The van der Waals surface area contributed by atoms with E-state index in [-0.39, 0.29) is 47.7 Å². The summed E-state index contributed by atoms with van der Waals surface area (Å²) in [5, 5.41) is 5.49. The molecule has 0 saturated heterocycles. The molecule has 0 aliphatic heterocycles. The Morgan fingerprint density at radius 1 is 1.12 bits per heavy atom. The number of sulfonamides is 1. The first-order chi connectivity index (χ1) is 15.2. The van der Waals surface area contributed by atoms with Gasteiger partial charge in [-0.25, -0.2) is 8.42 Å². The van der Waals surface area contributed by atoms with Crippen LogP contribution in [0.15, 0.2) is 53.4 Å². The molecule has 0 spiro atoms. The van der Waals surface area contributed by atoms with Crippen molar-refractivity contribution in [1.82, 2.24) is 14.9 Å². The van der Waals surface area contributed by atoms with Crippen molar-refractivity contribution in [3.05, 3.63) is 59.7 Å². The van der Waals surface area contributed by atoms with Crippen LogP contribution < -0.4 is 15.4 Å². The zero-order valence-corrected chi connectivity index (χ0v) is 19.7. The maximum absolute atomic E-state index is 13.2. The second kappa shape index (κ2) is 11.6. The molecule has 2 rings (SSSR count). The van der Waals surface area contributed by atoms with Crippen LogP contribution in [0.1, 0.15) is 42.6 Å². The highest BCUT2D eigenvalue weighted by atomic mass is 32.2. The molecule has 2 amide bonds. The predicted octanol–water partition coefficient (Wildman–Crippen LogP) is 2.55. The van der Waals surface area contributed by atoms with Crippen LogP contribution in [0.2, 0.25) is 0 Å². The Labute approximate surface area is 190 Å². The van der Waals surface area contributed by atoms with Crippen molar-refractivity contribution >= 4 is 21.8 Å². The molecule has 0 bridgehead atoms. The lowest BCUT2D eigenvalue weighted by Crippen LogP contribution is -2.35. The van der Waals surface area contributed by atoms with E-state index in [0.29, 0.717) is 0 Å². The highest BCUT2D eigenvalue weighted by Crippen LogP contribution is 2.28. The molecule has 1 unspecified atom stereocenters. The molecule has 0 radical (unpaired) electrons. The van der Waals surface area contributed by atoms with E-state index in [1.165, 1.54) is 36.7 Å². The molecule has 8 nitrogen and oxygen atoms in total. The topological polar surface area (TPSA) is 105 Å². The summed E-state index contributed by atoms with van der Waals surface area (Å²) in [5.74, 6) is -0.472. The largest absolute Gasteiger partial charge is 0.495 e. The van der Waals surface area contributed by atoms with Crippen molar-refractivity contribution < 1.29 is 22.7 Å². The van der Waals surface area contributed by atoms with Gasteiger partial charge in [0, 0.05) is 38.2 Å². The number of ether oxygens (including phenoxy) is 1. The van der Waals surface area contributed by atoms with E-state index in [1.54, 1.807) is 0 Å². The smallest absolute Gasteiger partial charge is 0.251 e. The number of methoxy groups -OCH3 is 1. The number of benzene rings is 2. The maximum atomic E-state index is 13.2. The third-order valence-electron chi connectivity index (χ3n) is 5.02. The standard InChI is InChI=1S/C23H31N3O5S/c1-5-17(2)25-22(27)13-14-24-23(28)19-11-12-20(31-4)21(15-19)32(29,30)26(3)16-18-9-7-6-8-10-18/h6-12,15,17H,5,13-14,16H2,1-4H3,(H,24,28)(H,25,27). The van der Waals surface area contributed by atoms with E-state index >= 15 is 0 Å². The minimum atomic E-state index is -3.92. The lowest BCUT2D eigenvalue weighted by molar-refractivity contribution is -0.121. The van der Waals surface area contributed by atoms with Gasteiger partial charge < -0.3 is 15.4 Å². The average Bonchev–Trinajstić information content (AvgIpc) is 2.78. The molecular formula is C23H31N3O5S. The van der Waals surface area contributed by atoms with Crippen molar-refractivity contribution in [3.63, 3.8) is 0 Å². The first-order valence-electron chi connectivity index (χ1n) is 10.4. The van der Waals surface area contributed by atoms with Gasteiger partial charge >= 0.3 is 0 Å². The van der Waals surface area contributed by atoms with E-state index in [4.69, 9.17) is 4.74 Å². The molecule has 2 N–H and O–H groups in total. The molecule has 174 valence electrons. The van der Waals surface area contributed by atoms with E-state index in [2.05, 4.69) is 10.6 Å². The summed E-state index contributed by atoms with van der Waals surface area (Å²) in [4.78, 5) is 24.3. The van der Waals surface area contributed by atoms with E-state index in [0.717, 1.165) is 12.0 Å². The Hall–Kier alpha value is -2.91. The summed E-state index contributed by atoms with van der Waals surface area (Å²) in [5.41, 5.74) is 1.00. The number of nitrogens with zero attached hydrogens (tertiary/aromatic N) is 1. The number of hydrogen-bond donors (Lipinski definition) is 2. The van der Waals surface area contributed by atoms with E-state index in [1.807, 2.05) is 44.2 Å². The molecular weight excluding hydrogens is 430 g/mol. The summed E-state index contributed by atoms with van der Waals surface area (Å²) in [6.45, 7) is 4.20.